The van der Waals surface area contributed by atoms with Crippen molar-refractivity contribution in [1.29, 1.82) is 0 Å². The fourth-order valence-electron chi connectivity index (χ4n) is 5.33. The van der Waals surface area contributed by atoms with E-state index >= 15 is 0 Å². The third-order valence-electron chi connectivity index (χ3n) is 6.86. The fourth-order valence-corrected chi connectivity index (χ4v) is 5.33. The lowest BCUT2D eigenvalue weighted by Crippen LogP contribution is -2.51. The highest BCUT2D eigenvalue weighted by Crippen LogP contribution is 2.49. The number of hydrogen-bond acceptors (Lipinski definition) is 4. The van der Waals surface area contributed by atoms with Crippen molar-refractivity contribution in [2.45, 2.75) is 56.7 Å². The summed E-state index contributed by atoms with van der Waals surface area (Å²) < 4.78 is 5.86. The van der Waals surface area contributed by atoms with E-state index in [1.807, 2.05) is 30.5 Å². The summed E-state index contributed by atoms with van der Waals surface area (Å²) in [6, 6.07) is 7.93. The maximum atomic E-state index is 13.6. The molecule has 0 bridgehead atoms. The Labute approximate surface area is 168 Å². The monoisotopic (exact) mass is 391 g/mol. The Bertz CT molecular complexity index is 1080. The standard InChI is InChI=1S/C23H25N3O3/c27-22-19-17(12-24-22)25-16-6-1-2-7-18(16)26(23(28)14-8-9-14)20(19)15-5-3-4-13-10-11-29-21(13)15/h3-5,10-12,14,16,18,20,24-25,27H,1-2,6-9H2/t16-,18-,20-/m1/s1. The maximum Gasteiger partial charge on any atom is 0.226 e. The molecule has 0 unspecified atom stereocenters. The van der Waals surface area contributed by atoms with Crippen molar-refractivity contribution in [2.75, 3.05) is 5.32 Å². The summed E-state index contributed by atoms with van der Waals surface area (Å²) in [5.41, 5.74) is 3.36. The number of anilines is 1. The molecule has 3 N–H and O–H groups in total. The Morgan fingerprint density at radius 2 is 2.00 bits per heavy atom. The molecule has 3 aromatic rings. The van der Waals surface area contributed by atoms with Gasteiger partial charge >= 0.3 is 0 Å². The van der Waals surface area contributed by atoms with Crippen LogP contribution in [0.2, 0.25) is 0 Å². The number of para-hydroxylation sites is 1. The van der Waals surface area contributed by atoms with E-state index in [0.29, 0.717) is 0 Å². The molecule has 3 heterocycles. The second kappa shape index (κ2) is 6.31. The third kappa shape index (κ3) is 2.58. The zero-order chi connectivity index (χ0) is 19.5. The van der Waals surface area contributed by atoms with Crippen LogP contribution in [0.15, 0.2) is 41.1 Å². The minimum Gasteiger partial charge on any atom is -0.494 e. The van der Waals surface area contributed by atoms with Gasteiger partial charge in [0.1, 0.15) is 5.58 Å². The van der Waals surface area contributed by atoms with Crippen molar-refractivity contribution < 1.29 is 14.3 Å². The van der Waals surface area contributed by atoms with Crippen LogP contribution in [0.3, 0.4) is 0 Å². The first-order chi connectivity index (χ1) is 14.2. The molecule has 2 saturated carbocycles. The van der Waals surface area contributed by atoms with Gasteiger partial charge in [-0.05, 0) is 31.7 Å². The van der Waals surface area contributed by atoms with Crippen LogP contribution < -0.4 is 5.32 Å². The number of furan rings is 1. The Morgan fingerprint density at radius 1 is 1.14 bits per heavy atom. The first kappa shape index (κ1) is 17.0. The number of rotatable bonds is 2. The van der Waals surface area contributed by atoms with Crippen molar-refractivity contribution in [3.63, 3.8) is 0 Å². The lowest BCUT2D eigenvalue weighted by Gasteiger charge is -2.42. The molecule has 1 aromatic carbocycles. The van der Waals surface area contributed by atoms with E-state index in [0.717, 1.165) is 66.3 Å². The molecule has 6 heteroatoms. The molecule has 1 amide bonds. The van der Waals surface area contributed by atoms with Crippen LogP contribution in [0.5, 0.6) is 5.88 Å². The Kier molecular flexibility index (Phi) is 3.70. The largest absolute Gasteiger partial charge is 0.494 e. The molecule has 0 spiro atoms. The summed E-state index contributed by atoms with van der Waals surface area (Å²) in [5.74, 6) is 0.442. The van der Waals surface area contributed by atoms with Crippen molar-refractivity contribution in [2.24, 2.45) is 5.92 Å². The van der Waals surface area contributed by atoms with E-state index in [1.54, 1.807) is 6.26 Å². The van der Waals surface area contributed by atoms with Gasteiger partial charge in [0.2, 0.25) is 5.91 Å². The number of benzene rings is 1. The van der Waals surface area contributed by atoms with Gasteiger partial charge in [0, 0.05) is 29.1 Å². The average molecular weight is 391 g/mol. The van der Waals surface area contributed by atoms with Crippen molar-refractivity contribution in [1.82, 2.24) is 9.88 Å². The van der Waals surface area contributed by atoms with Crippen molar-refractivity contribution in [3.8, 4) is 5.88 Å². The van der Waals surface area contributed by atoms with Gasteiger partial charge in [0.25, 0.3) is 0 Å². The van der Waals surface area contributed by atoms with Crippen LogP contribution in [0.25, 0.3) is 11.0 Å². The number of nitrogens with zero attached hydrogens (tertiary/aromatic N) is 1. The highest BCUT2D eigenvalue weighted by molar-refractivity contribution is 5.86. The van der Waals surface area contributed by atoms with E-state index in [2.05, 4.69) is 15.2 Å². The van der Waals surface area contributed by atoms with Crippen LogP contribution in [-0.2, 0) is 4.79 Å². The summed E-state index contributed by atoms with van der Waals surface area (Å²) in [6.45, 7) is 0. The molecule has 2 aliphatic carbocycles. The van der Waals surface area contributed by atoms with E-state index in [9.17, 15) is 9.90 Å². The molecule has 2 aromatic heterocycles. The molecule has 29 heavy (non-hydrogen) atoms. The molecule has 0 saturated heterocycles. The topological polar surface area (TPSA) is 81.5 Å². The molecule has 150 valence electrons. The molecule has 0 radical (unpaired) electrons. The van der Waals surface area contributed by atoms with Crippen LogP contribution >= 0.6 is 0 Å². The van der Waals surface area contributed by atoms with Gasteiger partial charge in [0.05, 0.1) is 29.6 Å². The summed E-state index contributed by atoms with van der Waals surface area (Å²) >= 11 is 0. The minimum absolute atomic E-state index is 0.110. The van der Waals surface area contributed by atoms with Crippen molar-refractivity contribution >= 4 is 22.6 Å². The smallest absolute Gasteiger partial charge is 0.226 e. The van der Waals surface area contributed by atoms with Crippen LogP contribution in [0, 0.1) is 5.92 Å². The van der Waals surface area contributed by atoms with Gasteiger partial charge in [-0.25, -0.2) is 0 Å². The number of amides is 1. The molecule has 6 nitrogen and oxygen atoms in total. The number of hydrogen-bond donors (Lipinski definition) is 3. The van der Waals surface area contributed by atoms with Gasteiger partial charge in [-0.15, -0.1) is 0 Å². The first-order valence-corrected chi connectivity index (χ1v) is 10.7. The quantitative estimate of drug-likeness (QED) is 0.599. The molecule has 3 atom stereocenters. The third-order valence-corrected chi connectivity index (χ3v) is 6.86. The number of aromatic amines is 1. The maximum absolute atomic E-state index is 13.6. The Morgan fingerprint density at radius 3 is 2.86 bits per heavy atom. The zero-order valence-electron chi connectivity index (χ0n) is 16.2. The van der Waals surface area contributed by atoms with Crippen LogP contribution in [0.1, 0.15) is 55.7 Å². The number of aromatic nitrogens is 1. The van der Waals surface area contributed by atoms with E-state index in [4.69, 9.17) is 4.42 Å². The van der Waals surface area contributed by atoms with E-state index in [-0.39, 0.29) is 35.8 Å². The highest BCUT2D eigenvalue weighted by Gasteiger charge is 2.47. The predicted molar refractivity (Wildman–Crippen MR) is 110 cm³/mol. The summed E-state index contributed by atoms with van der Waals surface area (Å²) in [5, 5.41) is 15.5. The number of carbonyl (C=O) groups is 1. The zero-order valence-corrected chi connectivity index (χ0v) is 16.2. The molecule has 2 fully saturated rings. The lowest BCUT2D eigenvalue weighted by atomic mass is 9.87. The van der Waals surface area contributed by atoms with Gasteiger partial charge in [0.15, 0.2) is 5.88 Å². The minimum atomic E-state index is -0.375. The van der Waals surface area contributed by atoms with E-state index in [1.165, 1.54) is 0 Å². The Balaban J connectivity index is 1.61. The van der Waals surface area contributed by atoms with Crippen LogP contribution in [0.4, 0.5) is 5.69 Å². The normalized spacial score (nSPS) is 26.5. The summed E-state index contributed by atoms with van der Waals surface area (Å²) in [6.07, 6.45) is 9.74. The highest BCUT2D eigenvalue weighted by atomic mass is 16.3. The van der Waals surface area contributed by atoms with E-state index < -0.39 is 0 Å². The van der Waals surface area contributed by atoms with Gasteiger partial charge in [-0.1, -0.05) is 31.0 Å². The number of H-pyrrole nitrogens is 1. The summed E-state index contributed by atoms with van der Waals surface area (Å²) in [4.78, 5) is 18.7. The number of carbonyl (C=O) groups excluding carboxylic acids is 1. The van der Waals surface area contributed by atoms with Crippen molar-refractivity contribution in [3.05, 3.63) is 47.9 Å². The first-order valence-electron chi connectivity index (χ1n) is 10.7. The molecule has 1 aliphatic heterocycles. The fraction of sp³-hybridized carbons (Fsp3) is 0.435. The summed E-state index contributed by atoms with van der Waals surface area (Å²) in [7, 11) is 0. The van der Waals surface area contributed by atoms with Gasteiger partial charge in [-0.2, -0.15) is 0 Å². The molecule has 6 rings (SSSR count). The number of fused-ring (bicyclic) bond motifs is 3. The molecular weight excluding hydrogens is 366 g/mol. The van der Waals surface area contributed by atoms with Crippen LogP contribution in [-0.4, -0.2) is 33.0 Å². The molecular formula is C23H25N3O3. The SMILES string of the molecule is O=C(C1CC1)N1[C@H](c2cccc3ccoc23)c2c(c[nH]c2O)N[C@@H]2CCCC[C@H]21. The Hall–Kier alpha value is -2.89. The number of nitrogens with one attached hydrogen (secondary N) is 2. The molecule has 3 aliphatic rings. The second-order valence-electron chi connectivity index (χ2n) is 8.68. The second-order valence-corrected chi connectivity index (χ2v) is 8.68. The average Bonchev–Trinajstić information content (AvgIpc) is 3.41. The van der Waals surface area contributed by atoms with Gasteiger partial charge < -0.3 is 24.7 Å². The predicted octanol–water partition coefficient (Wildman–Crippen LogP) is 4.53. The number of aromatic hydroxyl groups is 1. The lowest BCUT2D eigenvalue weighted by molar-refractivity contribution is -0.137. The van der Waals surface area contributed by atoms with Gasteiger partial charge in [-0.3, -0.25) is 4.79 Å².